The van der Waals surface area contributed by atoms with Gasteiger partial charge in [-0.15, -0.1) is 0 Å². The Kier molecular flexibility index (Phi) is 5.38. The van der Waals surface area contributed by atoms with Crippen LogP contribution in [0.4, 0.5) is 5.69 Å². The molecule has 1 aliphatic heterocycles. The average Bonchev–Trinajstić information content (AvgIpc) is 2.79. The van der Waals surface area contributed by atoms with Crippen molar-refractivity contribution in [2.24, 2.45) is 0 Å². The Balaban J connectivity index is 1.72. The SMILES string of the molecule is Cc1cccc(NCN2C(=O)/C(=C/c3cccc(Br)c3)SC2=S)c1. The third-order valence-corrected chi connectivity index (χ3v) is 5.35. The number of hydrogen-bond acceptors (Lipinski definition) is 4. The highest BCUT2D eigenvalue weighted by molar-refractivity contribution is 9.10. The zero-order valence-corrected chi connectivity index (χ0v) is 16.2. The Labute approximate surface area is 159 Å². The van der Waals surface area contributed by atoms with Gasteiger partial charge in [0.05, 0.1) is 11.6 Å². The fourth-order valence-electron chi connectivity index (χ4n) is 2.31. The van der Waals surface area contributed by atoms with Crippen LogP contribution in [-0.2, 0) is 4.79 Å². The quantitative estimate of drug-likeness (QED) is 0.557. The third-order valence-electron chi connectivity index (χ3n) is 3.48. The summed E-state index contributed by atoms with van der Waals surface area (Å²) in [6.45, 7) is 2.40. The van der Waals surface area contributed by atoms with E-state index in [9.17, 15) is 4.79 Å². The molecule has 0 aliphatic carbocycles. The van der Waals surface area contributed by atoms with E-state index >= 15 is 0 Å². The van der Waals surface area contributed by atoms with Crippen molar-refractivity contribution in [3.63, 3.8) is 0 Å². The minimum Gasteiger partial charge on any atom is -0.367 e. The number of halogens is 1. The molecule has 0 bridgehead atoms. The van der Waals surface area contributed by atoms with Crippen molar-refractivity contribution in [3.05, 3.63) is 69.0 Å². The number of thioether (sulfide) groups is 1. The predicted octanol–water partition coefficient (Wildman–Crippen LogP) is 5.03. The molecule has 3 rings (SSSR count). The molecule has 0 saturated carbocycles. The van der Waals surface area contributed by atoms with E-state index < -0.39 is 0 Å². The molecule has 1 heterocycles. The number of aryl methyl sites for hydroxylation is 1. The van der Waals surface area contributed by atoms with Crippen LogP contribution in [0.15, 0.2) is 57.9 Å². The molecule has 2 aromatic carbocycles. The summed E-state index contributed by atoms with van der Waals surface area (Å²) < 4.78 is 1.55. The molecule has 0 radical (unpaired) electrons. The van der Waals surface area contributed by atoms with Crippen LogP contribution < -0.4 is 5.32 Å². The summed E-state index contributed by atoms with van der Waals surface area (Å²) in [4.78, 5) is 14.8. The maximum atomic E-state index is 12.6. The molecule has 2 aromatic rings. The Morgan fingerprint density at radius 3 is 2.79 bits per heavy atom. The summed E-state index contributed by atoms with van der Waals surface area (Å²) in [6, 6.07) is 15.8. The predicted molar refractivity (Wildman–Crippen MR) is 109 cm³/mol. The topological polar surface area (TPSA) is 32.3 Å². The van der Waals surface area contributed by atoms with Crippen molar-refractivity contribution in [3.8, 4) is 0 Å². The molecular weight excluding hydrogens is 404 g/mol. The Morgan fingerprint density at radius 1 is 1.25 bits per heavy atom. The van der Waals surface area contributed by atoms with Gasteiger partial charge >= 0.3 is 0 Å². The summed E-state index contributed by atoms with van der Waals surface area (Å²) in [7, 11) is 0. The van der Waals surface area contributed by atoms with Crippen molar-refractivity contribution in [2.45, 2.75) is 6.92 Å². The Hall–Kier alpha value is -1.63. The number of benzene rings is 2. The van der Waals surface area contributed by atoms with Crippen LogP contribution in [0.25, 0.3) is 6.08 Å². The number of rotatable bonds is 4. The number of nitrogens with one attached hydrogen (secondary N) is 1. The standard InChI is InChI=1S/C18H15BrN2OS2/c1-12-4-2-7-15(8-12)20-11-21-17(22)16(24-18(21)23)10-13-5-3-6-14(19)9-13/h2-10,20H,11H2,1H3/b16-10-. The molecule has 1 N–H and O–H groups in total. The molecule has 6 heteroatoms. The largest absolute Gasteiger partial charge is 0.367 e. The molecule has 122 valence electrons. The smallest absolute Gasteiger partial charge is 0.267 e. The van der Waals surface area contributed by atoms with Crippen LogP contribution in [0.2, 0.25) is 0 Å². The highest BCUT2D eigenvalue weighted by atomic mass is 79.9. The summed E-state index contributed by atoms with van der Waals surface area (Å²) in [5, 5.41) is 3.25. The van der Waals surface area contributed by atoms with Gasteiger partial charge in [0.25, 0.3) is 5.91 Å². The number of nitrogens with zero attached hydrogens (tertiary/aromatic N) is 1. The van der Waals surface area contributed by atoms with E-state index in [1.807, 2.05) is 61.5 Å². The van der Waals surface area contributed by atoms with Gasteiger partial charge in [0.1, 0.15) is 4.32 Å². The highest BCUT2D eigenvalue weighted by Gasteiger charge is 2.31. The second-order valence-corrected chi connectivity index (χ2v) is 7.96. The summed E-state index contributed by atoms with van der Waals surface area (Å²) in [5.41, 5.74) is 3.11. The molecule has 0 spiro atoms. The second kappa shape index (κ2) is 7.51. The zero-order chi connectivity index (χ0) is 17.1. The number of thiocarbonyl (C=S) groups is 1. The van der Waals surface area contributed by atoms with Gasteiger partial charge in [0, 0.05) is 10.2 Å². The van der Waals surface area contributed by atoms with Gasteiger partial charge in [-0.3, -0.25) is 9.69 Å². The van der Waals surface area contributed by atoms with Crippen molar-refractivity contribution < 1.29 is 4.79 Å². The molecule has 3 nitrogen and oxygen atoms in total. The van der Waals surface area contributed by atoms with Crippen molar-refractivity contribution in [1.82, 2.24) is 4.90 Å². The molecule has 1 aliphatic rings. The molecule has 0 atom stereocenters. The van der Waals surface area contributed by atoms with E-state index in [1.165, 1.54) is 17.3 Å². The maximum absolute atomic E-state index is 12.6. The molecule has 0 unspecified atom stereocenters. The fraction of sp³-hybridized carbons (Fsp3) is 0.111. The van der Waals surface area contributed by atoms with Crippen molar-refractivity contribution in [2.75, 3.05) is 12.0 Å². The van der Waals surface area contributed by atoms with E-state index in [2.05, 4.69) is 21.2 Å². The van der Waals surface area contributed by atoms with Crippen molar-refractivity contribution >= 4 is 61.9 Å². The van der Waals surface area contributed by atoms with Gasteiger partial charge < -0.3 is 5.32 Å². The van der Waals surface area contributed by atoms with Crippen LogP contribution in [0.3, 0.4) is 0 Å². The maximum Gasteiger partial charge on any atom is 0.267 e. The van der Waals surface area contributed by atoms with E-state index in [4.69, 9.17) is 12.2 Å². The molecule has 1 amide bonds. The normalized spacial score (nSPS) is 16.1. The first-order valence-corrected chi connectivity index (χ1v) is 9.36. The summed E-state index contributed by atoms with van der Waals surface area (Å²) >= 11 is 10.1. The second-order valence-electron chi connectivity index (χ2n) is 5.37. The van der Waals surface area contributed by atoms with E-state index in [1.54, 1.807) is 4.90 Å². The van der Waals surface area contributed by atoms with Crippen LogP contribution in [0.1, 0.15) is 11.1 Å². The van der Waals surface area contributed by atoms with Crippen molar-refractivity contribution in [1.29, 1.82) is 0 Å². The number of hydrogen-bond donors (Lipinski definition) is 1. The molecule has 24 heavy (non-hydrogen) atoms. The first-order chi connectivity index (χ1) is 11.5. The van der Waals surface area contributed by atoms with Gasteiger partial charge in [0.2, 0.25) is 0 Å². The first-order valence-electron chi connectivity index (χ1n) is 7.34. The Morgan fingerprint density at radius 2 is 2.04 bits per heavy atom. The Bertz CT molecular complexity index is 835. The lowest BCUT2D eigenvalue weighted by molar-refractivity contribution is -0.121. The molecular formula is C18H15BrN2OS2. The fourth-order valence-corrected chi connectivity index (χ4v) is 3.98. The number of carbonyl (C=O) groups excluding carboxylic acids is 1. The van der Waals surface area contributed by atoms with Gasteiger partial charge in [-0.2, -0.15) is 0 Å². The van der Waals surface area contributed by atoms with E-state index in [-0.39, 0.29) is 5.91 Å². The lowest BCUT2D eigenvalue weighted by Gasteiger charge is -2.16. The van der Waals surface area contributed by atoms with E-state index in [0.717, 1.165) is 15.7 Å². The van der Waals surface area contributed by atoms with Crippen LogP contribution in [0.5, 0.6) is 0 Å². The summed E-state index contributed by atoms with van der Waals surface area (Å²) in [5.74, 6) is -0.0647. The minimum absolute atomic E-state index is 0.0647. The average molecular weight is 419 g/mol. The molecule has 1 saturated heterocycles. The monoisotopic (exact) mass is 418 g/mol. The van der Waals surface area contributed by atoms with Gasteiger partial charge in [-0.1, -0.05) is 64.2 Å². The zero-order valence-electron chi connectivity index (χ0n) is 13.0. The number of carbonyl (C=O) groups is 1. The van der Waals surface area contributed by atoms with Crippen LogP contribution >= 0.6 is 39.9 Å². The lowest BCUT2D eigenvalue weighted by atomic mass is 10.2. The van der Waals surface area contributed by atoms with Gasteiger partial charge in [-0.25, -0.2) is 0 Å². The van der Waals surface area contributed by atoms with E-state index in [0.29, 0.717) is 15.9 Å². The lowest BCUT2D eigenvalue weighted by Crippen LogP contribution is -2.33. The third kappa shape index (κ3) is 4.06. The first kappa shape index (κ1) is 17.2. The minimum atomic E-state index is -0.0647. The van der Waals surface area contributed by atoms with Gasteiger partial charge in [-0.05, 0) is 48.4 Å². The molecule has 0 aromatic heterocycles. The van der Waals surface area contributed by atoms with Gasteiger partial charge in [0.15, 0.2) is 0 Å². The van der Waals surface area contributed by atoms with Crippen LogP contribution in [0, 0.1) is 6.92 Å². The number of amides is 1. The molecule has 1 fully saturated rings. The van der Waals surface area contributed by atoms with Crippen LogP contribution in [-0.4, -0.2) is 21.8 Å². The highest BCUT2D eigenvalue weighted by Crippen LogP contribution is 2.32. The number of anilines is 1. The summed E-state index contributed by atoms with van der Waals surface area (Å²) in [6.07, 6.45) is 1.87.